The lowest BCUT2D eigenvalue weighted by atomic mass is 10.3. The van der Waals surface area contributed by atoms with Gasteiger partial charge >= 0.3 is 0 Å². The molecular formula is C11H7BrClFN2O2S. The van der Waals surface area contributed by atoms with E-state index in [0.29, 0.717) is 0 Å². The minimum absolute atomic E-state index is 0.178. The summed E-state index contributed by atoms with van der Waals surface area (Å²) in [6.07, 6.45) is 1.36. The van der Waals surface area contributed by atoms with E-state index in [1.54, 1.807) is 0 Å². The number of nitrogens with one attached hydrogen (secondary N) is 1. The van der Waals surface area contributed by atoms with Gasteiger partial charge in [-0.05, 0) is 40.2 Å². The Morgan fingerprint density at radius 1 is 1.26 bits per heavy atom. The van der Waals surface area contributed by atoms with Crippen LogP contribution in [-0.2, 0) is 10.0 Å². The summed E-state index contributed by atoms with van der Waals surface area (Å²) in [5.74, 6) is -0.696. The quantitative estimate of drug-likeness (QED) is 0.848. The number of halogens is 3. The van der Waals surface area contributed by atoms with E-state index in [9.17, 15) is 12.8 Å². The molecule has 2 rings (SSSR count). The molecule has 0 fully saturated rings. The van der Waals surface area contributed by atoms with Gasteiger partial charge in [0.1, 0.15) is 15.9 Å². The second kappa shape index (κ2) is 5.44. The first-order chi connectivity index (χ1) is 8.92. The van der Waals surface area contributed by atoms with Crippen molar-refractivity contribution in [1.29, 1.82) is 0 Å². The Bertz CT molecular complexity index is 704. The minimum atomic E-state index is -4.00. The highest BCUT2D eigenvalue weighted by Gasteiger charge is 2.21. The number of sulfonamides is 1. The Labute approximate surface area is 122 Å². The lowest BCUT2D eigenvalue weighted by Gasteiger charge is -2.11. The van der Waals surface area contributed by atoms with E-state index >= 15 is 0 Å². The number of rotatable bonds is 3. The first-order valence-electron chi connectivity index (χ1n) is 4.99. The van der Waals surface area contributed by atoms with Crippen LogP contribution >= 0.6 is 27.5 Å². The molecule has 0 atom stereocenters. The zero-order valence-corrected chi connectivity index (χ0v) is 12.4. The molecule has 0 saturated heterocycles. The van der Waals surface area contributed by atoms with Crippen molar-refractivity contribution < 1.29 is 12.8 Å². The molecule has 4 nitrogen and oxygen atoms in total. The summed E-state index contributed by atoms with van der Waals surface area (Å²) in [7, 11) is -4.00. The van der Waals surface area contributed by atoms with Crippen LogP contribution in [0.15, 0.2) is 45.9 Å². The maximum Gasteiger partial charge on any atom is 0.265 e. The average molecular weight is 366 g/mol. The Kier molecular flexibility index (Phi) is 4.07. The highest BCUT2D eigenvalue weighted by Crippen LogP contribution is 2.28. The van der Waals surface area contributed by atoms with E-state index in [1.165, 1.54) is 30.5 Å². The highest BCUT2D eigenvalue weighted by molar-refractivity contribution is 9.10. The molecule has 0 bridgehead atoms. The van der Waals surface area contributed by atoms with Crippen LogP contribution in [0, 0.1) is 5.82 Å². The smallest absolute Gasteiger partial charge is 0.265 e. The number of nitrogens with zero attached hydrogens (tertiary/aromatic N) is 1. The molecule has 1 heterocycles. The monoisotopic (exact) mass is 364 g/mol. The summed E-state index contributed by atoms with van der Waals surface area (Å²) in [5, 5.41) is -0.178. The number of pyridine rings is 1. The second-order valence-electron chi connectivity index (χ2n) is 3.49. The molecule has 0 unspecified atom stereocenters. The standard InChI is InChI=1S/C11H7BrClFN2O2S/c12-7-3-1-4-8(14)10(7)16-19(17,18)9-5-2-6-15-11(9)13/h1-6,16H. The molecule has 0 radical (unpaired) electrons. The van der Waals surface area contributed by atoms with E-state index in [4.69, 9.17) is 11.6 Å². The fraction of sp³-hybridized carbons (Fsp3) is 0. The van der Waals surface area contributed by atoms with E-state index < -0.39 is 15.8 Å². The molecule has 0 spiro atoms. The third-order valence-corrected chi connectivity index (χ3v) is 4.67. The van der Waals surface area contributed by atoms with Crippen molar-refractivity contribution in [2.75, 3.05) is 4.72 Å². The fourth-order valence-electron chi connectivity index (χ4n) is 1.36. The van der Waals surface area contributed by atoms with Crippen LogP contribution in [0.3, 0.4) is 0 Å². The van der Waals surface area contributed by atoms with Crippen molar-refractivity contribution in [1.82, 2.24) is 4.98 Å². The zero-order valence-electron chi connectivity index (χ0n) is 9.27. The van der Waals surface area contributed by atoms with Crippen LogP contribution in [0.25, 0.3) is 0 Å². The Hall–Kier alpha value is -1.18. The lowest BCUT2D eigenvalue weighted by molar-refractivity contribution is 0.598. The summed E-state index contributed by atoms with van der Waals surface area (Å²) in [6.45, 7) is 0. The number of hydrogen-bond acceptors (Lipinski definition) is 3. The molecule has 1 aromatic carbocycles. The summed E-state index contributed by atoms with van der Waals surface area (Å²) >= 11 is 8.79. The Morgan fingerprint density at radius 3 is 2.63 bits per heavy atom. The zero-order chi connectivity index (χ0) is 14.0. The first kappa shape index (κ1) is 14.2. The van der Waals surface area contributed by atoms with Crippen molar-refractivity contribution >= 4 is 43.2 Å². The van der Waals surface area contributed by atoms with Crippen molar-refractivity contribution in [3.8, 4) is 0 Å². The van der Waals surface area contributed by atoms with Crippen molar-refractivity contribution in [3.63, 3.8) is 0 Å². The SMILES string of the molecule is O=S(=O)(Nc1c(F)cccc1Br)c1cccnc1Cl. The van der Waals surface area contributed by atoms with Crippen LogP contribution in [-0.4, -0.2) is 13.4 Å². The maximum atomic E-state index is 13.6. The van der Waals surface area contributed by atoms with Crippen LogP contribution in [0.2, 0.25) is 5.15 Å². The maximum absolute atomic E-state index is 13.6. The summed E-state index contributed by atoms with van der Waals surface area (Å²) < 4.78 is 40.2. The number of para-hydroxylation sites is 1. The minimum Gasteiger partial charge on any atom is -0.275 e. The van der Waals surface area contributed by atoms with Gasteiger partial charge in [0.15, 0.2) is 0 Å². The van der Waals surface area contributed by atoms with E-state index in [2.05, 4.69) is 25.6 Å². The Morgan fingerprint density at radius 2 is 2.00 bits per heavy atom. The van der Waals surface area contributed by atoms with Gasteiger partial charge in [-0.3, -0.25) is 4.72 Å². The third kappa shape index (κ3) is 3.05. The first-order valence-corrected chi connectivity index (χ1v) is 7.64. The number of benzene rings is 1. The fourth-order valence-corrected chi connectivity index (χ4v) is 3.47. The summed E-state index contributed by atoms with van der Waals surface area (Å²) in [6, 6.07) is 6.83. The summed E-state index contributed by atoms with van der Waals surface area (Å²) in [4.78, 5) is 3.46. The normalized spacial score (nSPS) is 11.3. The van der Waals surface area contributed by atoms with Gasteiger partial charge in [0.05, 0.1) is 5.69 Å². The molecule has 2 aromatic rings. The molecule has 1 aromatic heterocycles. The summed E-state index contributed by atoms with van der Waals surface area (Å²) in [5.41, 5.74) is -0.178. The van der Waals surface area contributed by atoms with Crippen LogP contribution in [0.4, 0.5) is 10.1 Å². The van der Waals surface area contributed by atoms with Crippen molar-refractivity contribution in [2.45, 2.75) is 4.90 Å². The molecule has 8 heteroatoms. The van der Waals surface area contributed by atoms with E-state index in [0.717, 1.165) is 6.07 Å². The van der Waals surface area contributed by atoms with Gasteiger partial charge in [0.2, 0.25) is 0 Å². The van der Waals surface area contributed by atoms with Gasteiger partial charge in [-0.15, -0.1) is 0 Å². The molecule has 0 amide bonds. The molecule has 0 aliphatic rings. The largest absolute Gasteiger partial charge is 0.275 e. The predicted octanol–water partition coefficient (Wildman–Crippen LogP) is 3.44. The molecule has 19 heavy (non-hydrogen) atoms. The van der Waals surface area contributed by atoms with Gasteiger partial charge in [-0.1, -0.05) is 17.7 Å². The number of hydrogen-bond donors (Lipinski definition) is 1. The number of anilines is 1. The van der Waals surface area contributed by atoms with Crippen LogP contribution in [0.5, 0.6) is 0 Å². The second-order valence-corrected chi connectivity index (χ2v) is 6.36. The van der Waals surface area contributed by atoms with Crippen LogP contribution in [0.1, 0.15) is 0 Å². The molecular weight excluding hydrogens is 359 g/mol. The lowest BCUT2D eigenvalue weighted by Crippen LogP contribution is -2.15. The van der Waals surface area contributed by atoms with Gasteiger partial charge in [0, 0.05) is 10.7 Å². The van der Waals surface area contributed by atoms with Gasteiger partial charge in [-0.25, -0.2) is 17.8 Å². The third-order valence-electron chi connectivity index (χ3n) is 2.21. The van der Waals surface area contributed by atoms with Gasteiger partial charge in [-0.2, -0.15) is 0 Å². The molecule has 0 saturated carbocycles. The average Bonchev–Trinajstić information content (AvgIpc) is 2.34. The molecule has 0 aliphatic carbocycles. The van der Waals surface area contributed by atoms with E-state index in [-0.39, 0.29) is 20.2 Å². The molecule has 0 aliphatic heterocycles. The number of aromatic nitrogens is 1. The van der Waals surface area contributed by atoms with Gasteiger partial charge < -0.3 is 0 Å². The van der Waals surface area contributed by atoms with Crippen molar-refractivity contribution in [3.05, 3.63) is 52.0 Å². The van der Waals surface area contributed by atoms with Crippen molar-refractivity contribution in [2.24, 2.45) is 0 Å². The highest BCUT2D eigenvalue weighted by atomic mass is 79.9. The molecule has 100 valence electrons. The predicted molar refractivity (Wildman–Crippen MR) is 74.2 cm³/mol. The van der Waals surface area contributed by atoms with E-state index in [1.807, 2.05) is 0 Å². The Balaban J connectivity index is 2.46. The topological polar surface area (TPSA) is 59.1 Å². The molecule has 1 N–H and O–H groups in total. The van der Waals surface area contributed by atoms with Crippen LogP contribution < -0.4 is 4.72 Å². The van der Waals surface area contributed by atoms with Gasteiger partial charge in [0.25, 0.3) is 10.0 Å².